The molecule has 1 saturated heterocycles. The van der Waals surface area contributed by atoms with Crippen LogP contribution in [0.5, 0.6) is 0 Å². The van der Waals surface area contributed by atoms with Gasteiger partial charge < -0.3 is 20.5 Å². The fraction of sp³-hybridized carbons (Fsp3) is 0.818. The van der Waals surface area contributed by atoms with E-state index in [9.17, 15) is 9.59 Å². The average molecular weight is 244 g/mol. The number of amides is 2. The highest BCUT2D eigenvalue weighted by Crippen LogP contribution is 2.22. The first kappa shape index (κ1) is 13.8. The van der Waals surface area contributed by atoms with Gasteiger partial charge in [0.15, 0.2) is 0 Å². The minimum absolute atomic E-state index is 0.201. The SMILES string of the molecule is CCC1OCCC1CNC(=O)N[C@@H](C)C(=O)O. The van der Waals surface area contributed by atoms with Crippen molar-refractivity contribution in [2.75, 3.05) is 13.2 Å². The lowest BCUT2D eigenvalue weighted by Crippen LogP contribution is -2.46. The van der Waals surface area contributed by atoms with Crippen LogP contribution in [0.1, 0.15) is 26.7 Å². The minimum Gasteiger partial charge on any atom is -0.480 e. The molecule has 3 atom stereocenters. The topological polar surface area (TPSA) is 87.7 Å². The Morgan fingerprint density at radius 2 is 2.24 bits per heavy atom. The Kier molecular flexibility index (Phi) is 5.21. The van der Waals surface area contributed by atoms with Crippen molar-refractivity contribution >= 4 is 12.0 Å². The van der Waals surface area contributed by atoms with Crippen LogP contribution in [0.25, 0.3) is 0 Å². The van der Waals surface area contributed by atoms with Crippen LogP contribution in [-0.4, -0.2) is 42.4 Å². The lowest BCUT2D eigenvalue weighted by Gasteiger charge is -2.18. The van der Waals surface area contributed by atoms with E-state index in [1.54, 1.807) is 0 Å². The van der Waals surface area contributed by atoms with E-state index < -0.39 is 18.0 Å². The van der Waals surface area contributed by atoms with Gasteiger partial charge in [0.1, 0.15) is 6.04 Å². The Bertz CT molecular complexity index is 283. The molecule has 98 valence electrons. The largest absolute Gasteiger partial charge is 0.480 e. The van der Waals surface area contributed by atoms with Gasteiger partial charge in [-0.15, -0.1) is 0 Å². The summed E-state index contributed by atoms with van der Waals surface area (Å²) in [5, 5.41) is 13.7. The first-order valence-corrected chi connectivity index (χ1v) is 5.93. The summed E-state index contributed by atoms with van der Waals surface area (Å²) < 4.78 is 5.50. The number of nitrogens with one attached hydrogen (secondary N) is 2. The summed E-state index contributed by atoms with van der Waals surface area (Å²) in [5.74, 6) is -0.721. The van der Waals surface area contributed by atoms with Gasteiger partial charge in [0.25, 0.3) is 0 Å². The number of hydrogen-bond acceptors (Lipinski definition) is 3. The second-order valence-electron chi connectivity index (χ2n) is 4.28. The number of carboxylic acid groups (broad SMARTS) is 1. The van der Waals surface area contributed by atoms with Gasteiger partial charge in [-0.1, -0.05) is 6.92 Å². The Labute approximate surface area is 101 Å². The summed E-state index contributed by atoms with van der Waals surface area (Å²) in [6.45, 7) is 4.74. The Hall–Kier alpha value is -1.30. The van der Waals surface area contributed by atoms with Crippen molar-refractivity contribution in [2.45, 2.75) is 38.8 Å². The highest BCUT2D eigenvalue weighted by Gasteiger charge is 2.27. The zero-order chi connectivity index (χ0) is 12.8. The number of urea groups is 1. The molecule has 0 radical (unpaired) electrons. The molecule has 0 spiro atoms. The van der Waals surface area contributed by atoms with Crippen molar-refractivity contribution in [3.8, 4) is 0 Å². The Morgan fingerprint density at radius 3 is 2.82 bits per heavy atom. The molecule has 1 aliphatic rings. The molecule has 0 aliphatic carbocycles. The van der Waals surface area contributed by atoms with Gasteiger partial charge in [0, 0.05) is 19.1 Å². The summed E-state index contributed by atoms with van der Waals surface area (Å²) in [6.07, 6.45) is 2.07. The van der Waals surface area contributed by atoms with Crippen LogP contribution < -0.4 is 10.6 Å². The van der Waals surface area contributed by atoms with Crippen molar-refractivity contribution in [1.29, 1.82) is 0 Å². The molecule has 1 rings (SSSR count). The molecule has 3 N–H and O–H groups in total. The number of ether oxygens (including phenoxy) is 1. The van der Waals surface area contributed by atoms with Gasteiger partial charge in [0.05, 0.1) is 6.10 Å². The van der Waals surface area contributed by atoms with Crippen molar-refractivity contribution in [1.82, 2.24) is 10.6 Å². The Balaban J connectivity index is 2.26. The fourth-order valence-corrected chi connectivity index (χ4v) is 1.91. The molecular formula is C11H20N2O4. The van der Waals surface area contributed by atoms with E-state index in [4.69, 9.17) is 9.84 Å². The van der Waals surface area contributed by atoms with Crippen molar-refractivity contribution < 1.29 is 19.4 Å². The molecule has 0 aromatic heterocycles. The van der Waals surface area contributed by atoms with Crippen LogP contribution in [-0.2, 0) is 9.53 Å². The highest BCUT2D eigenvalue weighted by atomic mass is 16.5. The Morgan fingerprint density at radius 1 is 1.53 bits per heavy atom. The number of carbonyl (C=O) groups excluding carboxylic acids is 1. The molecule has 2 unspecified atom stereocenters. The summed E-state index contributed by atoms with van der Waals surface area (Å²) in [4.78, 5) is 21.9. The zero-order valence-corrected chi connectivity index (χ0v) is 10.2. The zero-order valence-electron chi connectivity index (χ0n) is 10.2. The van der Waals surface area contributed by atoms with E-state index in [0.29, 0.717) is 12.5 Å². The van der Waals surface area contributed by atoms with Crippen LogP contribution in [0.3, 0.4) is 0 Å². The lowest BCUT2D eigenvalue weighted by atomic mass is 10.00. The molecule has 1 heterocycles. The molecular weight excluding hydrogens is 224 g/mol. The lowest BCUT2D eigenvalue weighted by molar-refractivity contribution is -0.138. The minimum atomic E-state index is -1.05. The molecule has 0 saturated carbocycles. The number of hydrogen-bond donors (Lipinski definition) is 3. The summed E-state index contributed by atoms with van der Waals surface area (Å²) >= 11 is 0. The summed E-state index contributed by atoms with van der Waals surface area (Å²) in [7, 11) is 0. The molecule has 17 heavy (non-hydrogen) atoms. The van der Waals surface area contributed by atoms with E-state index in [2.05, 4.69) is 17.6 Å². The third-order valence-corrected chi connectivity index (χ3v) is 2.99. The smallest absolute Gasteiger partial charge is 0.325 e. The van der Waals surface area contributed by atoms with Gasteiger partial charge in [-0.25, -0.2) is 4.79 Å². The van der Waals surface area contributed by atoms with Crippen LogP contribution in [0.4, 0.5) is 4.79 Å². The number of aliphatic carboxylic acids is 1. The van der Waals surface area contributed by atoms with Gasteiger partial charge in [-0.3, -0.25) is 4.79 Å². The number of carboxylic acids is 1. The number of rotatable bonds is 5. The standard InChI is InChI=1S/C11H20N2O4/c1-3-9-8(4-5-17-9)6-12-11(16)13-7(2)10(14)15/h7-9H,3-6H2,1-2H3,(H,14,15)(H2,12,13,16)/t7-,8?,9?/m0/s1. The van der Waals surface area contributed by atoms with Crippen LogP contribution in [0.15, 0.2) is 0 Å². The molecule has 2 amide bonds. The van der Waals surface area contributed by atoms with E-state index in [-0.39, 0.29) is 6.10 Å². The van der Waals surface area contributed by atoms with Gasteiger partial charge in [0.2, 0.25) is 0 Å². The third-order valence-electron chi connectivity index (χ3n) is 2.99. The molecule has 6 heteroatoms. The normalized spacial score (nSPS) is 25.3. The van der Waals surface area contributed by atoms with E-state index in [0.717, 1.165) is 19.4 Å². The van der Waals surface area contributed by atoms with Gasteiger partial charge >= 0.3 is 12.0 Å². The number of carbonyl (C=O) groups is 2. The van der Waals surface area contributed by atoms with E-state index in [1.165, 1.54) is 6.92 Å². The predicted octanol–water partition coefficient (Wildman–Crippen LogP) is 0.574. The predicted molar refractivity (Wildman–Crippen MR) is 61.8 cm³/mol. The van der Waals surface area contributed by atoms with Crippen LogP contribution >= 0.6 is 0 Å². The maximum absolute atomic E-state index is 11.4. The van der Waals surface area contributed by atoms with E-state index >= 15 is 0 Å². The fourth-order valence-electron chi connectivity index (χ4n) is 1.91. The molecule has 0 bridgehead atoms. The average Bonchev–Trinajstić information content (AvgIpc) is 2.73. The van der Waals surface area contributed by atoms with Gasteiger partial charge in [-0.05, 0) is 19.8 Å². The maximum atomic E-state index is 11.4. The molecule has 0 aromatic carbocycles. The van der Waals surface area contributed by atoms with Crippen molar-refractivity contribution in [3.63, 3.8) is 0 Å². The van der Waals surface area contributed by atoms with Crippen LogP contribution in [0, 0.1) is 5.92 Å². The third kappa shape index (κ3) is 4.22. The molecule has 6 nitrogen and oxygen atoms in total. The van der Waals surface area contributed by atoms with Crippen LogP contribution in [0.2, 0.25) is 0 Å². The molecule has 1 aliphatic heterocycles. The maximum Gasteiger partial charge on any atom is 0.325 e. The summed E-state index contributed by atoms with van der Waals surface area (Å²) in [5.41, 5.74) is 0. The quantitative estimate of drug-likeness (QED) is 0.660. The molecule has 0 aromatic rings. The first-order chi connectivity index (χ1) is 8.04. The summed E-state index contributed by atoms with van der Waals surface area (Å²) in [6, 6.07) is -1.32. The van der Waals surface area contributed by atoms with Gasteiger partial charge in [-0.2, -0.15) is 0 Å². The molecule has 1 fully saturated rings. The monoisotopic (exact) mass is 244 g/mol. The van der Waals surface area contributed by atoms with E-state index in [1.807, 2.05) is 0 Å². The second kappa shape index (κ2) is 6.44. The first-order valence-electron chi connectivity index (χ1n) is 5.93. The highest BCUT2D eigenvalue weighted by molar-refractivity contribution is 5.82. The van der Waals surface area contributed by atoms with Crippen molar-refractivity contribution in [3.05, 3.63) is 0 Å². The van der Waals surface area contributed by atoms with Crippen molar-refractivity contribution in [2.24, 2.45) is 5.92 Å². The second-order valence-corrected chi connectivity index (χ2v) is 4.28.